The summed E-state index contributed by atoms with van der Waals surface area (Å²) >= 11 is 3.31. The van der Waals surface area contributed by atoms with E-state index in [1.165, 1.54) is 39.7 Å². The summed E-state index contributed by atoms with van der Waals surface area (Å²) in [5, 5.41) is 3.98. The Bertz CT molecular complexity index is 1310. The van der Waals surface area contributed by atoms with Gasteiger partial charge in [0.25, 0.3) is 5.91 Å². The first kappa shape index (κ1) is 28.2. The zero-order chi connectivity index (χ0) is 26.8. The number of benzene rings is 3. The molecule has 0 aromatic heterocycles. The molecule has 3 aromatic carbocycles. The Labute approximate surface area is 225 Å². The summed E-state index contributed by atoms with van der Waals surface area (Å²) in [5.41, 5.74) is 3.94. The molecule has 1 N–H and O–H groups in total. The number of carbonyl (C=O) groups is 1. The van der Waals surface area contributed by atoms with Crippen molar-refractivity contribution in [3.8, 4) is 17.2 Å². The number of nitrogens with zero attached hydrogens (tertiary/aromatic N) is 2. The Hall–Kier alpha value is -3.41. The first-order chi connectivity index (χ1) is 17.8. The number of rotatable bonds is 12. The highest BCUT2D eigenvalue weighted by molar-refractivity contribution is 9.10. The normalized spacial score (nSPS) is 11.5. The Balaban J connectivity index is 1.76. The molecule has 0 bridgehead atoms. The number of amides is 1. The zero-order valence-corrected chi connectivity index (χ0v) is 23.1. The highest BCUT2D eigenvalue weighted by atomic mass is 79.9. The first-order valence-corrected chi connectivity index (χ1v) is 13.4. The molecule has 0 saturated carbocycles. The number of halogens is 1. The van der Waals surface area contributed by atoms with Crippen LogP contribution in [0.2, 0.25) is 0 Å². The standard InChI is InChI=1S/C26H28BrN3O6S/c1-34-23-15-20(16-24(35-2)26(23)36-3)17-28-29-25(31)18-30(14-13-19-7-5-4-6-8-19)37(32,33)22-11-9-21(27)10-12-22/h4-12,15-17H,13-14,18H2,1-3H3,(H,29,31). The molecule has 0 fully saturated rings. The molecule has 0 unspecified atom stereocenters. The van der Waals surface area contributed by atoms with Crippen molar-refractivity contribution < 1.29 is 27.4 Å². The maximum absolute atomic E-state index is 13.3. The highest BCUT2D eigenvalue weighted by Crippen LogP contribution is 2.37. The summed E-state index contributed by atoms with van der Waals surface area (Å²) in [7, 11) is 0.559. The smallest absolute Gasteiger partial charge is 0.255 e. The predicted molar refractivity (Wildman–Crippen MR) is 145 cm³/mol. The van der Waals surface area contributed by atoms with Crippen LogP contribution in [-0.2, 0) is 21.2 Å². The van der Waals surface area contributed by atoms with Crippen molar-refractivity contribution in [3.63, 3.8) is 0 Å². The summed E-state index contributed by atoms with van der Waals surface area (Å²) in [4.78, 5) is 12.8. The van der Waals surface area contributed by atoms with Crippen LogP contribution in [0.25, 0.3) is 0 Å². The minimum Gasteiger partial charge on any atom is -0.493 e. The number of hydrogen-bond acceptors (Lipinski definition) is 7. The maximum atomic E-state index is 13.3. The molecule has 37 heavy (non-hydrogen) atoms. The number of carbonyl (C=O) groups excluding carboxylic acids is 1. The van der Waals surface area contributed by atoms with Crippen molar-refractivity contribution in [2.75, 3.05) is 34.4 Å². The molecule has 0 saturated heterocycles. The summed E-state index contributed by atoms with van der Waals surface area (Å²) in [6, 6.07) is 19.1. The lowest BCUT2D eigenvalue weighted by Crippen LogP contribution is -2.40. The molecular formula is C26H28BrN3O6S. The van der Waals surface area contributed by atoms with Gasteiger partial charge in [0.2, 0.25) is 15.8 Å². The molecular weight excluding hydrogens is 562 g/mol. The third-order valence-electron chi connectivity index (χ3n) is 5.35. The highest BCUT2D eigenvalue weighted by Gasteiger charge is 2.26. The van der Waals surface area contributed by atoms with Gasteiger partial charge in [0.05, 0.1) is 39.0 Å². The number of methoxy groups -OCH3 is 3. The lowest BCUT2D eigenvalue weighted by atomic mass is 10.1. The van der Waals surface area contributed by atoms with Crippen molar-refractivity contribution in [1.82, 2.24) is 9.73 Å². The van der Waals surface area contributed by atoms with Crippen molar-refractivity contribution in [2.24, 2.45) is 5.10 Å². The predicted octanol–water partition coefficient (Wildman–Crippen LogP) is 3.86. The lowest BCUT2D eigenvalue weighted by molar-refractivity contribution is -0.121. The summed E-state index contributed by atoms with van der Waals surface area (Å²) in [6.07, 6.45) is 1.85. The fourth-order valence-electron chi connectivity index (χ4n) is 3.49. The average molecular weight is 590 g/mol. The van der Waals surface area contributed by atoms with Gasteiger partial charge in [-0.05, 0) is 48.4 Å². The fraction of sp³-hybridized carbons (Fsp3) is 0.231. The number of ether oxygens (including phenoxy) is 3. The fourth-order valence-corrected chi connectivity index (χ4v) is 5.15. The molecule has 0 aliphatic rings. The number of hydrazone groups is 1. The summed E-state index contributed by atoms with van der Waals surface area (Å²) in [6.45, 7) is -0.287. The van der Waals surface area contributed by atoms with Crippen LogP contribution >= 0.6 is 15.9 Å². The van der Waals surface area contributed by atoms with Gasteiger partial charge in [-0.15, -0.1) is 0 Å². The van der Waals surface area contributed by atoms with Crippen LogP contribution in [-0.4, -0.2) is 59.3 Å². The lowest BCUT2D eigenvalue weighted by Gasteiger charge is -2.21. The van der Waals surface area contributed by atoms with Crippen LogP contribution in [0, 0.1) is 0 Å². The SMILES string of the molecule is COc1cc(C=NNC(=O)CN(CCc2ccccc2)S(=O)(=O)c2ccc(Br)cc2)cc(OC)c1OC. The van der Waals surface area contributed by atoms with Gasteiger partial charge < -0.3 is 14.2 Å². The van der Waals surface area contributed by atoms with Gasteiger partial charge in [-0.3, -0.25) is 4.79 Å². The van der Waals surface area contributed by atoms with E-state index in [0.29, 0.717) is 29.2 Å². The Morgan fingerprint density at radius 3 is 2.16 bits per heavy atom. The van der Waals surface area contributed by atoms with Gasteiger partial charge in [0.15, 0.2) is 11.5 Å². The van der Waals surface area contributed by atoms with Crippen LogP contribution < -0.4 is 19.6 Å². The van der Waals surface area contributed by atoms with E-state index in [9.17, 15) is 13.2 Å². The molecule has 3 aromatic rings. The topological polar surface area (TPSA) is 107 Å². The van der Waals surface area contributed by atoms with Gasteiger partial charge >= 0.3 is 0 Å². The van der Waals surface area contributed by atoms with Gasteiger partial charge in [0, 0.05) is 16.6 Å². The number of nitrogens with one attached hydrogen (secondary N) is 1. The van der Waals surface area contributed by atoms with Crippen LogP contribution in [0.1, 0.15) is 11.1 Å². The molecule has 0 aliphatic carbocycles. The van der Waals surface area contributed by atoms with Crippen molar-refractivity contribution in [1.29, 1.82) is 0 Å². The van der Waals surface area contributed by atoms with E-state index in [-0.39, 0.29) is 11.4 Å². The maximum Gasteiger partial charge on any atom is 0.255 e. The quantitative estimate of drug-likeness (QED) is 0.254. The molecule has 0 atom stereocenters. The number of sulfonamides is 1. The molecule has 0 radical (unpaired) electrons. The van der Waals surface area contributed by atoms with E-state index in [2.05, 4.69) is 26.5 Å². The Morgan fingerprint density at radius 2 is 1.59 bits per heavy atom. The second-order valence-electron chi connectivity index (χ2n) is 7.78. The molecule has 1 amide bonds. The first-order valence-electron chi connectivity index (χ1n) is 11.2. The van der Waals surface area contributed by atoms with Crippen LogP contribution in [0.4, 0.5) is 0 Å². The van der Waals surface area contributed by atoms with Crippen molar-refractivity contribution in [2.45, 2.75) is 11.3 Å². The molecule has 0 heterocycles. The Kier molecular flexibility index (Phi) is 10.1. The molecule has 0 spiro atoms. The minimum atomic E-state index is -3.93. The monoisotopic (exact) mass is 589 g/mol. The molecule has 196 valence electrons. The molecule has 9 nitrogen and oxygen atoms in total. The van der Waals surface area contributed by atoms with Gasteiger partial charge in [-0.25, -0.2) is 13.8 Å². The zero-order valence-electron chi connectivity index (χ0n) is 20.7. The van der Waals surface area contributed by atoms with Crippen LogP contribution in [0.3, 0.4) is 0 Å². The van der Waals surface area contributed by atoms with Crippen molar-refractivity contribution in [3.05, 3.63) is 82.3 Å². The van der Waals surface area contributed by atoms with E-state index in [1.807, 2.05) is 30.3 Å². The largest absolute Gasteiger partial charge is 0.493 e. The van der Waals surface area contributed by atoms with E-state index in [0.717, 1.165) is 14.3 Å². The molecule has 11 heteroatoms. The van der Waals surface area contributed by atoms with Crippen LogP contribution in [0.5, 0.6) is 17.2 Å². The number of hydrogen-bond donors (Lipinski definition) is 1. The van der Waals surface area contributed by atoms with Crippen LogP contribution in [0.15, 0.2) is 81.2 Å². The van der Waals surface area contributed by atoms with E-state index >= 15 is 0 Å². The summed E-state index contributed by atoms with van der Waals surface area (Å²) in [5.74, 6) is 0.709. The van der Waals surface area contributed by atoms with E-state index in [1.54, 1.807) is 24.3 Å². The van der Waals surface area contributed by atoms with Crippen molar-refractivity contribution >= 4 is 38.1 Å². The van der Waals surface area contributed by atoms with Gasteiger partial charge in [0.1, 0.15) is 0 Å². The second kappa shape index (κ2) is 13.2. The second-order valence-corrected chi connectivity index (χ2v) is 10.6. The van der Waals surface area contributed by atoms with Gasteiger partial charge in [-0.2, -0.15) is 9.41 Å². The summed E-state index contributed by atoms with van der Waals surface area (Å²) < 4.78 is 44.5. The average Bonchev–Trinajstić information content (AvgIpc) is 2.91. The Morgan fingerprint density at radius 1 is 0.973 bits per heavy atom. The van der Waals surface area contributed by atoms with E-state index in [4.69, 9.17) is 14.2 Å². The third kappa shape index (κ3) is 7.54. The van der Waals surface area contributed by atoms with E-state index < -0.39 is 22.5 Å². The minimum absolute atomic E-state index is 0.0949. The molecule has 0 aliphatic heterocycles. The molecule has 3 rings (SSSR count). The van der Waals surface area contributed by atoms with Gasteiger partial charge in [-0.1, -0.05) is 46.3 Å². The third-order valence-corrected chi connectivity index (χ3v) is 7.74.